The van der Waals surface area contributed by atoms with E-state index in [-0.39, 0.29) is 5.75 Å². The number of phenolic OH excluding ortho intramolecular Hbond substituents is 1. The third-order valence-corrected chi connectivity index (χ3v) is 5.11. The Morgan fingerprint density at radius 2 is 1.54 bits per heavy atom. The van der Waals surface area contributed by atoms with Gasteiger partial charge >= 0.3 is 0 Å². The minimum atomic E-state index is 0.157. The first-order valence-corrected chi connectivity index (χ1v) is 8.93. The number of fused-ring (bicyclic) bond motifs is 1. The molecule has 0 aliphatic carbocycles. The third-order valence-electron chi connectivity index (χ3n) is 4.05. The van der Waals surface area contributed by atoms with Crippen LogP contribution >= 0.6 is 31.9 Å². The lowest BCUT2D eigenvalue weighted by atomic mass is 10.1. The van der Waals surface area contributed by atoms with Crippen molar-refractivity contribution in [2.45, 2.75) is 27.7 Å². The number of hydrogen-bond acceptors (Lipinski definition) is 4. The van der Waals surface area contributed by atoms with Crippen LogP contribution in [0.25, 0.3) is 10.8 Å². The smallest absolute Gasteiger partial charge is 0.138 e. The van der Waals surface area contributed by atoms with E-state index >= 15 is 0 Å². The molecule has 1 aromatic carbocycles. The molecule has 0 unspecified atom stereocenters. The zero-order valence-corrected chi connectivity index (χ0v) is 16.9. The first-order chi connectivity index (χ1) is 11.3. The van der Waals surface area contributed by atoms with Crippen LogP contribution in [-0.4, -0.2) is 26.2 Å². The Balaban J connectivity index is 2.18. The maximum atomic E-state index is 10.2. The highest BCUT2D eigenvalue weighted by atomic mass is 79.9. The van der Waals surface area contributed by atoms with E-state index in [1.54, 1.807) is 12.3 Å². The maximum Gasteiger partial charge on any atom is 0.138 e. The SMILES string of the molecule is Cc1nnc(C)c2c(C)n(/N=C/c3cc(Br)cc(Br)c3O)c(C)c12. The van der Waals surface area contributed by atoms with E-state index in [0.717, 1.165) is 38.0 Å². The molecule has 0 saturated heterocycles. The van der Waals surface area contributed by atoms with Crippen molar-refractivity contribution < 1.29 is 5.11 Å². The first-order valence-electron chi connectivity index (χ1n) is 7.35. The molecule has 0 bridgehead atoms. The van der Waals surface area contributed by atoms with Crippen molar-refractivity contribution in [3.63, 3.8) is 0 Å². The van der Waals surface area contributed by atoms with Gasteiger partial charge in [-0.1, -0.05) is 15.9 Å². The molecule has 2 aromatic heterocycles. The second kappa shape index (κ2) is 6.29. The van der Waals surface area contributed by atoms with Gasteiger partial charge in [-0.05, 0) is 55.8 Å². The Morgan fingerprint density at radius 1 is 1.00 bits per heavy atom. The van der Waals surface area contributed by atoms with Gasteiger partial charge in [0, 0.05) is 32.2 Å². The van der Waals surface area contributed by atoms with Gasteiger partial charge in [0.15, 0.2) is 0 Å². The van der Waals surface area contributed by atoms with Gasteiger partial charge in [0.1, 0.15) is 5.75 Å². The molecule has 0 atom stereocenters. The molecule has 1 N–H and O–H groups in total. The van der Waals surface area contributed by atoms with Crippen molar-refractivity contribution in [3.05, 3.63) is 49.4 Å². The summed E-state index contributed by atoms with van der Waals surface area (Å²) in [6.07, 6.45) is 1.65. The van der Waals surface area contributed by atoms with Crippen LogP contribution in [0.3, 0.4) is 0 Å². The van der Waals surface area contributed by atoms with E-state index in [0.29, 0.717) is 10.0 Å². The number of hydrogen-bond donors (Lipinski definition) is 1. The highest BCUT2D eigenvalue weighted by molar-refractivity contribution is 9.11. The molecule has 0 fully saturated rings. The van der Waals surface area contributed by atoms with Gasteiger partial charge in [0.25, 0.3) is 0 Å². The summed E-state index contributed by atoms with van der Waals surface area (Å²) in [5.41, 5.74) is 4.40. The lowest BCUT2D eigenvalue weighted by molar-refractivity contribution is 0.471. The van der Waals surface area contributed by atoms with Crippen LogP contribution in [0, 0.1) is 27.7 Å². The van der Waals surface area contributed by atoms with Crippen LogP contribution in [0.15, 0.2) is 26.2 Å². The fraction of sp³-hybridized carbons (Fsp3) is 0.235. The molecule has 3 rings (SSSR count). The van der Waals surface area contributed by atoms with Gasteiger partial charge < -0.3 is 5.11 Å². The molecule has 0 spiro atoms. The van der Waals surface area contributed by atoms with Crippen LogP contribution in [0.4, 0.5) is 0 Å². The molecular weight excluding hydrogens is 436 g/mol. The Bertz CT molecular complexity index is 947. The number of nitrogens with zero attached hydrogens (tertiary/aromatic N) is 4. The largest absolute Gasteiger partial charge is 0.506 e. The van der Waals surface area contributed by atoms with E-state index < -0.39 is 0 Å². The normalized spacial score (nSPS) is 11.8. The van der Waals surface area contributed by atoms with E-state index in [9.17, 15) is 5.11 Å². The van der Waals surface area contributed by atoms with E-state index in [4.69, 9.17) is 0 Å². The Kier molecular flexibility index (Phi) is 4.48. The quantitative estimate of drug-likeness (QED) is 0.570. The van der Waals surface area contributed by atoms with Crippen LogP contribution in [0.1, 0.15) is 28.3 Å². The minimum absolute atomic E-state index is 0.157. The van der Waals surface area contributed by atoms with Crippen LogP contribution in [0.5, 0.6) is 5.75 Å². The fourth-order valence-corrected chi connectivity index (χ4v) is 4.20. The van der Waals surface area contributed by atoms with E-state index in [1.807, 2.05) is 38.4 Å². The lowest BCUT2D eigenvalue weighted by Crippen LogP contribution is -1.96. The van der Waals surface area contributed by atoms with Crippen LogP contribution < -0.4 is 0 Å². The molecule has 3 aromatic rings. The van der Waals surface area contributed by atoms with Gasteiger partial charge in [-0.3, -0.25) is 0 Å². The summed E-state index contributed by atoms with van der Waals surface area (Å²) in [7, 11) is 0. The molecule has 24 heavy (non-hydrogen) atoms. The van der Waals surface area contributed by atoms with E-state index in [1.165, 1.54) is 0 Å². The number of halogens is 2. The molecular formula is C17H16Br2N4O. The molecule has 0 saturated carbocycles. The molecule has 124 valence electrons. The van der Waals surface area contributed by atoms with Crippen molar-refractivity contribution in [2.24, 2.45) is 5.10 Å². The molecule has 5 nitrogen and oxygen atoms in total. The third kappa shape index (κ3) is 2.75. The van der Waals surface area contributed by atoms with E-state index in [2.05, 4.69) is 47.2 Å². The highest BCUT2D eigenvalue weighted by Crippen LogP contribution is 2.32. The monoisotopic (exact) mass is 450 g/mol. The number of phenols is 1. The Labute approximate surface area is 156 Å². The molecule has 0 aliphatic heterocycles. The second-order valence-corrected chi connectivity index (χ2v) is 7.44. The van der Waals surface area contributed by atoms with Crippen LogP contribution in [-0.2, 0) is 0 Å². The molecule has 7 heteroatoms. The summed E-state index contributed by atoms with van der Waals surface area (Å²) < 4.78 is 3.34. The summed E-state index contributed by atoms with van der Waals surface area (Å²) in [6, 6.07) is 3.61. The highest BCUT2D eigenvalue weighted by Gasteiger charge is 2.16. The summed E-state index contributed by atoms with van der Waals surface area (Å²) in [5, 5.41) is 25.3. The van der Waals surface area contributed by atoms with Gasteiger partial charge in [-0.2, -0.15) is 15.3 Å². The van der Waals surface area contributed by atoms with Crippen molar-refractivity contribution >= 4 is 48.8 Å². The Hall–Kier alpha value is -1.73. The summed E-state index contributed by atoms with van der Waals surface area (Å²) in [5.74, 6) is 0.157. The van der Waals surface area contributed by atoms with Gasteiger partial charge in [-0.15, -0.1) is 0 Å². The number of benzene rings is 1. The van der Waals surface area contributed by atoms with Crippen molar-refractivity contribution in [1.82, 2.24) is 14.9 Å². The number of aromatic nitrogens is 3. The van der Waals surface area contributed by atoms with Crippen LogP contribution in [0.2, 0.25) is 0 Å². The summed E-state index contributed by atoms with van der Waals surface area (Å²) >= 11 is 6.76. The summed E-state index contributed by atoms with van der Waals surface area (Å²) in [6.45, 7) is 7.92. The Morgan fingerprint density at radius 3 is 2.08 bits per heavy atom. The van der Waals surface area contributed by atoms with Crippen molar-refractivity contribution in [2.75, 3.05) is 0 Å². The van der Waals surface area contributed by atoms with Crippen molar-refractivity contribution in [3.8, 4) is 5.75 Å². The van der Waals surface area contributed by atoms with Gasteiger partial charge in [0.2, 0.25) is 0 Å². The maximum absolute atomic E-state index is 10.2. The van der Waals surface area contributed by atoms with Crippen molar-refractivity contribution in [1.29, 1.82) is 0 Å². The molecule has 0 aliphatic rings. The van der Waals surface area contributed by atoms with Gasteiger partial charge in [0.05, 0.1) is 22.1 Å². The minimum Gasteiger partial charge on any atom is -0.506 e. The topological polar surface area (TPSA) is 63.3 Å². The first kappa shape index (κ1) is 17.1. The number of rotatable bonds is 2. The predicted molar refractivity (Wildman–Crippen MR) is 103 cm³/mol. The molecule has 0 radical (unpaired) electrons. The molecule has 0 amide bonds. The average Bonchev–Trinajstić information content (AvgIpc) is 2.78. The zero-order valence-electron chi connectivity index (χ0n) is 13.7. The average molecular weight is 452 g/mol. The molecule has 2 heterocycles. The second-order valence-electron chi connectivity index (χ2n) is 5.67. The summed E-state index contributed by atoms with van der Waals surface area (Å²) in [4.78, 5) is 0. The number of aromatic hydroxyl groups is 1. The predicted octanol–water partition coefficient (Wildman–Crippen LogP) is 4.78. The zero-order chi connectivity index (χ0) is 17.6. The fourth-order valence-electron chi connectivity index (χ4n) is 2.94. The van der Waals surface area contributed by atoms with Gasteiger partial charge in [-0.25, -0.2) is 4.68 Å². The number of aryl methyl sites for hydroxylation is 4. The standard InChI is InChI=1S/C17H16Br2N4O/c1-8-15-10(3)23(11(4)16(15)9(2)22-21-8)20-7-12-5-13(18)6-14(19)17(12)24/h5-7,24H,1-4H3/b20-7+. The lowest BCUT2D eigenvalue weighted by Gasteiger charge is -2.05.